The molecule has 1 saturated heterocycles. The molecule has 124 valence electrons. The monoisotopic (exact) mass is 335 g/mol. The maximum absolute atomic E-state index is 12.5. The van der Waals surface area contributed by atoms with Crippen LogP contribution >= 0.6 is 0 Å². The average Bonchev–Trinajstić information content (AvgIpc) is 3.19. The Hall–Kier alpha value is -1.93. The third kappa shape index (κ3) is 3.37. The molecule has 0 saturated carbocycles. The lowest BCUT2D eigenvalue weighted by atomic mass is 10.2. The fourth-order valence-corrected chi connectivity index (χ4v) is 4.33. The first kappa shape index (κ1) is 15.9. The van der Waals surface area contributed by atoms with Crippen molar-refractivity contribution >= 4 is 15.7 Å². The van der Waals surface area contributed by atoms with E-state index in [0.29, 0.717) is 18.0 Å². The van der Waals surface area contributed by atoms with Gasteiger partial charge in [0.2, 0.25) is 10.0 Å². The van der Waals surface area contributed by atoms with Gasteiger partial charge in [-0.1, -0.05) is 19.1 Å². The van der Waals surface area contributed by atoms with Crippen LogP contribution < -0.4 is 9.62 Å². The van der Waals surface area contributed by atoms with E-state index in [0.717, 1.165) is 25.1 Å². The molecule has 1 aromatic heterocycles. The summed E-state index contributed by atoms with van der Waals surface area (Å²) in [6.45, 7) is 3.70. The van der Waals surface area contributed by atoms with Gasteiger partial charge in [0.1, 0.15) is 17.6 Å². The van der Waals surface area contributed by atoms with E-state index in [4.69, 9.17) is 0 Å². The predicted octanol–water partition coefficient (Wildman–Crippen LogP) is 1.25. The SMILES string of the molecule is CCNS(=O)(=O)c1ccccc1N1CCCC1Cn1cncn1. The van der Waals surface area contributed by atoms with Crippen LogP contribution in [0.1, 0.15) is 19.8 Å². The molecule has 0 bridgehead atoms. The molecule has 2 aromatic rings. The zero-order chi connectivity index (χ0) is 16.3. The van der Waals surface area contributed by atoms with Crippen molar-refractivity contribution in [3.05, 3.63) is 36.9 Å². The number of sulfonamides is 1. The quantitative estimate of drug-likeness (QED) is 0.859. The number of nitrogens with one attached hydrogen (secondary N) is 1. The Morgan fingerprint density at radius 2 is 2.17 bits per heavy atom. The molecule has 1 aliphatic rings. The number of hydrogen-bond acceptors (Lipinski definition) is 5. The van der Waals surface area contributed by atoms with Crippen LogP contribution in [0.15, 0.2) is 41.8 Å². The summed E-state index contributed by atoms with van der Waals surface area (Å²) in [6, 6.07) is 7.40. The number of benzene rings is 1. The molecule has 1 aliphatic heterocycles. The highest BCUT2D eigenvalue weighted by atomic mass is 32.2. The molecular formula is C15H21N5O2S. The lowest BCUT2D eigenvalue weighted by molar-refractivity contribution is 0.506. The van der Waals surface area contributed by atoms with Crippen LogP contribution in [0.2, 0.25) is 0 Å². The molecule has 2 heterocycles. The predicted molar refractivity (Wildman–Crippen MR) is 87.7 cm³/mol. The zero-order valence-electron chi connectivity index (χ0n) is 13.1. The standard InChI is InChI=1S/C15H21N5O2S/c1-2-18-23(21,22)15-8-4-3-7-14(15)20-9-5-6-13(20)10-19-12-16-11-17-19/h3-4,7-8,11-13,18H,2,5-6,9-10H2,1H3. The van der Waals surface area contributed by atoms with Crippen molar-refractivity contribution in [2.75, 3.05) is 18.0 Å². The van der Waals surface area contributed by atoms with E-state index in [9.17, 15) is 8.42 Å². The van der Waals surface area contributed by atoms with Gasteiger partial charge in [0.15, 0.2) is 0 Å². The third-order valence-electron chi connectivity index (χ3n) is 4.04. The molecule has 1 N–H and O–H groups in total. The first-order valence-corrected chi connectivity index (χ1v) is 9.28. The third-order valence-corrected chi connectivity index (χ3v) is 5.63. The number of anilines is 1. The second-order valence-electron chi connectivity index (χ2n) is 5.58. The molecule has 1 atom stereocenters. The summed E-state index contributed by atoms with van der Waals surface area (Å²) in [7, 11) is -3.49. The highest BCUT2D eigenvalue weighted by molar-refractivity contribution is 7.89. The molecule has 1 unspecified atom stereocenters. The Morgan fingerprint density at radius 3 is 2.91 bits per heavy atom. The molecule has 0 aliphatic carbocycles. The van der Waals surface area contributed by atoms with Crippen molar-refractivity contribution in [2.24, 2.45) is 0 Å². The van der Waals surface area contributed by atoms with Crippen LogP contribution in [-0.2, 0) is 16.6 Å². The van der Waals surface area contributed by atoms with Crippen LogP contribution in [0.3, 0.4) is 0 Å². The van der Waals surface area contributed by atoms with Crippen molar-refractivity contribution in [3.8, 4) is 0 Å². The van der Waals surface area contributed by atoms with Gasteiger partial charge in [-0.25, -0.2) is 18.1 Å². The second-order valence-corrected chi connectivity index (χ2v) is 7.31. The van der Waals surface area contributed by atoms with E-state index in [1.807, 2.05) is 12.1 Å². The van der Waals surface area contributed by atoms with Crippen LogP contribution in [0, 0.1) is 0 Å². The maximum Gasteiger partial charge on any atom is 0.242 e. The molecule has 0 radical (unpaired) electrons. The van der Waals surface area contributed by atoms with Crippen molar-refractivity contribution < 1.29 is 8.42 Å². The van der Waals surface area contributed by atoms with E-state index in [1.54, 1.807) is 30.1 Å². The number of rotatable bonds is 6. The summed E-state index contributed by atoms with van der Waals surface area (Å²) in [5, 5.41) is 4.16. The van der Waals surface area contributed by atoms with Gasteiger partial charge in [-0.3, -0.25) is 4.68 Å². The summed E-state index contributed by atoms with van der Waals surface area (Å²) in [4.78, 5) is 6.48. The topological polar surface area (TPSA) is 80.1 Å². The number of hydrogen-bond donors (Lipinski definition) is 1. The van der Waals surface area contributed by atoms with Gasteiger partial charge in [0, 0.05) is 19.1 Å². The molecule has 1 fully saturated rings. The minimum atomic E-state index is -3.49. The molecule has 1 aromatic carbocycles. The minimum absolute atomic E-state index is 0.217. The average molecular weight is 335 g/mol. The minimum Gasteiger partial charge on any atom is -0.366 e. The van der Waals surface area contributed by atoms with Gasteiger partial charge >= 0.3 is 0 Å². The Labute approximate surface area is 136 Å². The number of para-hydroxylation sites is 1. The molecular weight excluding hydrogens is 314 g/mol. The van der Waals surface area contributed by atoms with Crippen LogP contribution in [0.4, 0.5) is 5.69 Å². The molecule has 0 amide bonds. The van der Waals surface area contributed by atoms with Crippen molar-refractivity contribution in [2.45, 2.75) is 37.2 Å². The lowest BCUT2D eigenvalue weighted by Gasteiger charge is -2.28. The highest BCUT2D eigenvalue weighted by Gasteiger charge is 2.29. The van der Waals surface area contributed by atoms with Gasteiger partial charge in [0.05, 0.1) is 12.2 Å². The van der Waals surface area contributed by atoms with E-state index in [1.165, 1.54) is 6.33 Å². The van der Waals surface area contributed by atoms with Crippen molar-refractivity contribution in [1.82, 2.24) is 19.5 Å². The van der Waals surface area contributed by atoms with Gasteiger partial charge in [0.25, 0.3) is 0 Å². The first-order chi connectivity index (χ1) is 11.1. The summed E-state index contributed by atoms with van der Waals surface area (Å²) in [5.74, 6) is 0. The summed E-state index contributed by atoms with van der Waals surface area (Å²) < 4.78 is 29.3. The zero-order valence-corrected chi connectivity index (χ0v) is 13.9. The smallest absolute Gasteiger partial charge is 0.242 e. The lowest BCUT2D eigenvalue weighted by Crippen LogP contribution is -2.35. The Morgan fingerprint density at radius 1 is 1.35 bits per heavy atom. The molecule has 23 heavy (non-hydrogen) atoms. The largest absolute Gasteiger partial charge is 0.366 e. The molecule has 8 heteroatoms. The normalized spacial score (nSPS) is 18.5. The Bertz CT molecular complexity index is 745. The van der Waals surface area contributed by atoms with Crippen LogP contribution in [-0.4, -0.2) is 42.3 Å². The summed E-state index contributed by atoms with van der Waals surface area (Å²) >= 11 is 0. The van der Waals surface area contributed by atoms with Crippen LogP contribution in [0.25, 0.3) is 0 Å². The van der Waals surface area contributed by atoms with Gasteiger partial charge in [-0.2, -0.15) is 5.10 Å². The molecule has 3 rings (SSSR count). The van der Waals surface area contributed by atoms with Gasteiger partial charge in [-0.15, -0.1) is 0 Å². The van der Waals surface area contributed by atoms with Gasteiger partial charge < -0.3 is 4.90 Å². The molecule has 7 nitrogen and oxygen atoms in total. The van der Waals surface area contributed by atoms with Crippen molar-refractivity contribution in [3.63, 3.8) is 0 Å². The first-order valence-electron chi connectivity index (χ1n) is 7.79. The number of aromatic nitrogens is 3. The summed E-state index contributed by atoms with van der Waals surface area (Å²) in [5.41, 5.74) is 0.760. The van der Waals surface area contributed by atoms with Gasteiger partial charge in [-0.05, 0) is 25.0 Å². The summed E-state index contributed by atoms with van der Waals surface area (Å²) in [6.07, 6.45) is 5.26. The van der Waals surface area contributed by atoms with Crippen molar-refractivity contribution in [1.29, 1.82) is 0 Å². The van der Waals surface area contributed by atoms with E-state index >= 15 is 0 Å². The maximum atomic E-state index is 12.5. The Balaban J connectivity index is 1.91. The molecule has 0 spiro atoms. The van der Waals surface area contributed by atoms with E-state index in [2.05, 4.69) is 19.7 Å². The number of nitrogens with zero attached hydrogens (tertiary/aromatic N) is 4. The van der Waals surface area contributed by atoms with E-state index < -0.39 is 10.0 Å². The van der Waals surface area contributed by atoms with Crippen LogP contribution in [0.5, 0.6) is 0 Å². The highest BCUT2D eigenvalue weighted by Crippen LogP contribution is 2.31. The second kappa shape index (κ2) is 6.67. The fourth-order valence-electron chi connectivity index (χ4n) is 3.08. The fraction of sp³-hybridized carbons (Fsp3) is 0.467. The Kier molecular flexibility index (Phi) is 4.63. The van der Waals surface area contributed by atoms with E-state index in [-0.39, 0.29) is 6.04 Å².